The van der Waals surface area contributed by atoms with Crippen LogP contribution in [-0.2, 0) is 6.18 Å². The molecule has 0 spiro atoms. The molecule has 0 bridgehead atoms. The van der Waals surface area contributed by atoms with Gasteiger partial charge in [-0.15, -0.1) is 0 Å². The molecular formula is C19H14F3N3O. The van der Waals surface area contributed by atoms with E-state index in [4.69, 9.17) is 0 Å². The van der Waals surface area contributed by atoms with Gasteiger partial charge >= 0.3 is 6.18 Å². The second-order valence-electron chi connectivity index (χ2n) is 5.42. The molecule has 1 N–H and O–H groups in total. The van der Waals surface area contributed by atoms with Crippen LogP contribution in [0.5, 0.6) is 0 Å². The second-order valence-corrected chi connectivity index (χ2v) is 5.42. The highest BCUT2D eigenvalue weighted by molar-refractivity contribution is 5.95. The fraction of sp³-hybridized carbons (Fsp3) is 0.0526. The van der Waals surface area contributed by atoms with E-state index in [2.05, 4.69) is 10.5 Å². The van der Waals surface area contributed by atoms with Gasteiger partial charge in [0.2, 0.25) is 0 Å². The van der Waals surface area contributed by atoms with Crippen molar-refractivity contribution in [3.8, 4) is 5.69 Å². The Kier molecular flexibility index (Phi) is 4.88. The average Bonchev–Trinajstić information content (AvgIpc) is 3.10. The van der Waals surface area contributed by atoms with Crippen LogP contribution in [0.3, 0.4) is 0 Å². The van der Waals surface area contributed by atoms with Gasteiger partial charge in [0.05, 0.1) is 17.5 Å². The number of hydrogen-bond donors (Lipinski definition) is 1. The Morgan fingerprint density at radius 3 is 2.50 bits per heavy atom. The van der Waals surface area contributed by atoms with E-state index < -0.39 is 17.6 Å². The zero-order valence-electron chi connectivity index (χ0n) is 13.4. The first-order chi connectivity index (χ1) is 12.4. The monoisotopic (exact) mass is 357 g/mol. The number of para-hydroxylation sites is 1. The zero-order valence-corrected chi connectivity index (χ0v) is 13.4. The summed E-state index contributed by atoms with van der Waals surface area (Å²) in [6, 6.07) is 17.3. The van der Waals surface area contributed by atoms with Gasteiger partial charge < -0.3 is 4.57 Å². The Labute approximate surface area is 147 Å². The summed E-state index contributed by atoms with van der Waals surface area (Å²) in [5.74, 6) is -0.717. The first kappa shape index (κ1) is 17.5. The molecule has 0 unspecified atom stereocenters. The molecular weight excluding hydrogens is 343 g/mol. The molecule has 3 rings (SSSR count). The molecule has 1 heterocycles. The lowest BCUT2D eigenvalue weighted by molar-refractivity contribution is -0.137. The van der Waals surface area contributed by atoms with Gasteiger partial charge in [0.15, 0.2) is 0 Å². The average molecular weight is 357 g/mol. The molecule has 1 amide bonds. The van der Waals surface area contributed by atoms with E-state index in [0.717, 1.165) is 17.8 Å². The van der Waals surface area contributed by atoms with E-state index in [1.165, 1.54) is 18.3 Å². The fourth-order valence-electron chi connectivity index (χ4n) is 2.38. The summed E-state index contributed by atoms with van der Waals surface area (Å²) in [4.78, 5) is 12.0. The van der Waals surface area contributed by atoms with Crippen molar-refractivity contribution in [1.82, 2.24) is 9.99 Å². The summed E-state index contributed by atoms with van der Waals surface area (Å²) in [5, 5.41) is 3.84. The third kappa shape index (κ3) is 4.00. The highest BCUT2D eigenvalue weighted by Gasteiger charge is 2.30. The third-order valence-electron chi connectivity index (χ3n) is 3.63. The summed E-state index contributed by atoms with van der Waals surface area (Å²) in [5.41, 5.74) is 2.88. The molecule has 0 saturated carbocycles. The lowest BCUT2D eigenvalue weighted by atomic mass is 10.1. The molecule has 7 heteroatoms. The van der Waals surface area contributed by atoms with Crippen molar-refractivity contribution in [1.29, 1.82) is 0 Å². The Balaban J connectivity index is 1.72. The van der Waals surface area contributed by atoms with Gasteiger partial charge in [0.1, 0.15) is 0 Å². The van der Waals surface area contributed by atoms with E-state index in [9.17, 15) is 18.0 Å². The first-order valence-electron chi connectivity index (χ1n) is 7.68. The third-order valence-corrected chi connectivity index (χ3v) is 3.63. The quantitative estimate of drug-likeness (QED) is 0.550. The van der Waals surface area contributed by atoms with E-state index in [1.54, 1.807) is 6.07 Å². The van der Waals surface area contributed by atoms with Crippen molar-refractivity contribution in [2.24, 2.45) is 5.10 Å². The standard InChI is InChI=1S/C19H14F3N3O/c20-19(21,22)15-7-4-6-14(12-15)18(26)24-23-13-17-10-5-11-25(17)16-8-2-1-3-9-16/h1-13H,(H,24,26). The van der Waals surface area contributed by atoms with Gasteiger partial charge in [-0.25, -0.2) is 5.43 Å². The maximum Gasteiger partial charge on any atom is 0.416 e. The van der Waals surface area contributed by atoms with Gasteiger partial charge in [-0.2, -0.15) is 18.3 Å². The van der Waals surface area contributed by atoms with E-state index in [0.29, 0.717) is 5.69 Å². The SMILES string of the molecule is O=C(NN=Cc1cccn1-c1ccccc1)c1cccc(C(F)(F)F)c1. The molecule has 0 saturated heterocycles. The number of aromatic nitrogens is 1. The number of carbonyl (C=O) groups is 1. The largest absolute Gasteiger partial charge is 0.416 e. The van der Waals surface area contributed by atoms with Crippen LogP contribution in [0.25, 0.3) is 5.69 Å². The van der Waals surface area contributed by atoms with Crippen molar-refractivity contribution in [3.63, 3.8) is 0 Å². The molecule has 26 heavy (non-hydrogen) atoms. The van der Waals surface area contributed by atoms with Gasteiger partial charge in [-0.05, 0) is 42.5 Å². The van der Waals surface area contributed by atoms with Crippen molar-refractivity contribution >= 4 is 12.1 Å². The highest BCUT2D eigenvalue weighted by Crippen LogP contribution is 2.29. The van der Waals surface area contributed by atoms with Crippen molar-refractivity contribution in [3.05, 3.63) is 89.7 Å². The molecule has 0 radical (unpaired) electrons. The number of carbonyl (C=O) groups excluding carboxylic acids is 1. The molecule has 0 aliphatic carbocycles. The minimum Gasteiger partial charge on any atom is -0.316 e. The summed E-state index contributed by atoms with van der Waals surface area (Å²) < 4.78 is 40.0. The van der Waals surface area contributed by atoms with Crippen LogP contribution in [0.2, 0.25) is 0 Å². The Bertz CT molecular complexity index is 930. The summed E-state index contributed by atoms with van der Waals surface area (Å²) in [6.07, 6.45) is -1.24. The molecule has 0 aliphatic heterocycles. The van der Waals surface area contributed by atoms with Crippen LogP contribution < -0.4 is 5.43 Å². The van der Waals surface area contributed by atoms with Gasteiger partial charge in [-0.3, -0.25) is 4.79 Å². The summed E-state index contributed by atoms with van der Waals surface area (Å²) in [7, 11) is 0. The summed E-state index contributed by atoms with van der Waals surface area (Å²) >= 11 is 0. The number of halogens is 3. The van der Waals surface area contributed by atoms with Crippen LogP contribution in [-0.4, -0.2) is 16.7 Å². The number of nitrogens with one attached hydrogen (secondary N) is 1. The normalized spacial score (nSPS) is 11.7. The van der Waals surface area contributed by atoms with E-state index in [1.807, 2.05) is 47.2 Å². The van der Waals surface area contributed by atoms with E-state index >= 15 is 0 Å². The topological polar surface area (TPSA) is 46.4 Å². The molecule has 3 aromatic rings. The lowest BCUT2D eigenvalue weighted by Gasteiger charge is -2.08. The Morgan fingerprint density at radius 2 is 1.77 bits per heavy atom. The molecule has 0 aliphatic rings. The Morgan fingerprint density at radius 1 is 1.00 bits per heavy atom. The summed E-state index contributed by atoms with van der Waals surface area (Å²) in [6.45, 7) is 0. The van der Waals surface area contributed by atoms with Crippen molar-refractivity contribution in [2.45, 2.75) is 6.18 Å². The van der Waals surface area contributed by atoms with Crippen molar-refractivity contribution < 1.29 is 18.0 Å². The maximum atomic E-state index is 12.7. The maximum absolute atomic E-state index is 12.7. The Hall–Kier alpha value is -3.35. The highest BCUT2D eigenvalue weighted by atomic mass is 19.4. The van der Waals surface area contributed by atoms with Crippen LogP contribution in [0.1, 0.15) is 21.6 Å². The number of nitrogens with zero attached hydrogens (tertiary/aromatic N) is 2. The molecule has 0 fully saturated rings. The van der Waals surface area contributed by atoms with Crippen LogP contribution in [0.15, 0.2) is 78.0 Å². The first-order valence-corrected chi connectivity index (χ1v) is 7.68. The smallest absolute Gasteiger partial charge is 0.316 e. The van der Waals surface area contributed by atoms with Gasteiger partial charge in [0, 0.05) is 17.4 Å². The lowest BCUT2D eigenvalue weighted by Crippen LogP contribution is -2.18. The molecule has 2 aromatic carbocycles. The van der Waals surface area contributed by atoms with Gasteiger partial charge in [0.25, 0.3) is 5.91 Å². The van der Waals surface area contributed by atoms with Crippen LogP contribution in [0, 0.1) is 0 Å². The molecule has 0 atom stereocenters. The zero-order chi connectivity index (χ0) is 18.6. The van der Waals surface area contributed by atoms with Crippen LogP contribution in [0.4, 0.5) is 13.2 Å². The number of alkyl halides is 3. The molecule has 4 nitrogen and oxygen atoms in total. The number of hydrazone groups is 1. The van der Waals surface area contributed by atoms with Gasteiger partial charge in [-0.1, -0.05) is 24.3 Å². The van der Waals surface area contributed by atoms with E-state index in [-0.39, 0.29) is 5.56 Å². The molecule has 1 aromatic heterocycles. The number of rotatable bonds is 4. The van der Waals surface area contributed by atoms with Crippen LogP contribution >= 0.6 is 0 Å². The number of hydrogen-bond acceptors (Lipinski definition) is 2. The molecule has 132 valence electrons. The minimum atomic E-state index is -4.50. The predicted molar refractivity (Wildman–Crippen MR) is 92.3 cm³/mol. The second kappa shape index (κ2) is 7.26. The number of amides is 1. The van der Waals surface area contributed by atoms with Crippen molar-refractivity contribution in [2.75, 3.05) is 0 Å². The fourth-order valence-corrected chi connectivity index (χ4v) is 2.38. The number of benzene rings is 2. The minimum absolute atomic E-state index is 0.115. The predicted octanol–water partition coefficient (Wildman–Crippen LogP) is 4.26.